The Kier molecular flexibility index (Phi) is 5.92. The van der Waals surface area contributed by atoms with Crippen molar-refractivity contribution >= 4 is 32.8 Å². The quantitative estimate of drug-likeness (QED) is 0.581. The van der Waals surface area contributed by atoms with Crippen molar-refractivity contribution in [2.24, 2.45) is 5.92 Å². The Hall–Kier alpha value is -2.16. The molecule has 3 rings (SSSR count). The van der Waals surface area contributed by atoms with E-state index in [2.05, 4.69) is 0 Å². The maximum Gasteiger partial charge on any atom is 0.293 e. The van der Waals surface area contributed by atoms with Gasteiger partial charge in [-0.05, 0) is 48.6 Å². The smallest absolute Gasteiger partial charge is 0.293 e. The standard InChI is InChI=1S/C19H21ClN2O5S/c1-28(26,27)16-6-7-17(18(12-16)22(24)25)21-10-8-14(9-11-21)19(23)13-2-4-15(20)5-3-13/h2-7,12,14,19,23H,8-11H2,1H3. The normalized spacial score (nSPS) is 16.8. The molecule has 28 heavy (non-hydrogen) atoms. The largest absolute Gasteiger partial charge is 0.388 e. The van der Waals surface area contributed by atoms with Crippen molar-refractivity contribution in [2.75, 3.05) is 24.2 Å². The predicted molar refractivity (Wildman–Crippen MR) is 108 cm³/mol. The van der Waals surface area contributed by atoms with Crippen molar-refractivity contribution in [3.8, 4) is 0 Å². The molecule has 0 bridgehead atoms. The molecule has 0 radical (unpaired) electrons. The average Bonchev–Trinajstić information content (AvgIpc) is 2.67. The van der Waals surface area contributed by atoms with E-state index in [1.165, 1.54) is 12.1 Å². The van der Waals surface area contributed by atoms with Gasteiger partial charge in [-0.25, -0.2) is 8.42 Å². The summed E-state index contributed by atoms with van der Waals surface area (Å²) in [6.45, 7) is 1.07. The van der Waals surface area contributed by atoms with E-state index in [1.54, 1.807) is 24.3 Å². The van der Waals surface area contributed by atoms with Gasteiger partial charge in [0.1, 0.15) is 5.69 Å². The molecule has 1 aliphatic heterocycles. The Balaban J connectivity index is 1.76. The van der Waals surface area contributed by atoms with Gasteiger partial charge >= 0.3 is 0 Å². The minimum atomic E-state index is -3.53. The molecule has 0 aromatic heterocycles. The van der Waals surface area contributed by atoms with Gasteiger partial charge in [-0.1, -0.05) is 23.7 Å². The Morgan fingerprint density at radius 1 is 1.18 bits per heavy atom. The minimum Gasteiger partial charge on any atom is -0.388 e. The molecule has 2 aromatic rings. The van der Waals surface area contributed by atoms with Gasteiger partial charge in [0.15, 0.2) is 9.84 Å². The molecule has 1 fully saturated rings. The first kappa shape index (κ1) is 20.6. The lowest BCUT2D eigenvalue weighted by Gasteiger charge is -2.35. The minimum absolute atomic E-state index is 0.0341. The number of aliphatic hydroxyl groups excluding tert-OH is 1. The molecule has 0 amide bonds. The summed E-state index contributed by atoms with van der Waals surface area (Å²) in [5.74, 6) is 0.0341. The second-order valence-electron chi connectivity index (χ2n) is 7.00. The molecule has 0 spiro atoms. The first-order valence-electron chi connectivity index (χ1n) is 8.84. The summed E-state index contributed by atoms with van der Waals surface area (Å²) in [6, 6.07) is 11.1. The lowest BCUT2D eigenvalue weighted by atomic mass is 9.87. The number of nitrogens with zero attached hydrogens (tertiary/aromatic N) is 2. The summed E-state index contributed by atoms with van der Waals surface area (Å²) in [5.41, 5.74) is 0.975. The van der Waals surface area contributed by atoms with E-state index in [0.29, 0.717) is 36.6 Å². The zero-order valence-corrected chi connectivity index (χ0v) is 16.9. The van der Waals surface area contributed by atoms with Crippen LogP contribution in [0.3, 0.4) is 0 Å². The van der Waals surface area contributed by atoms with Gasteiger partial charge in [0, 0.05) is 30.4 Å². The molecule has 1 atom stereocenters. The van der Waals surface area contributed by atoms with Gasteiger partial charge in [-0.2, -0.15) is 0 Å². The number of sulfone groups is 1. The molecule has 9 heteroatoms. The maximum absolute atomic E-state index is 11.7. The molecule has 1 unspecified atom stereocenters. The van der Waals surface area contributed by atoms with E-state index < -0.39 is 20.9 Å². The van der Waals surface area contributed by atoms with Gasteiger partial charge in [-0.3, -0.25) is 10.1 Å². The Morgan fingerprint density at radius 3 is 2.32 bits per heavy atom. The van der Waals surface area contributed by atoms with Crippen LogP contribution in [0.5, 0.6) is 0 Å². The van der Waals surface area contributed by atoms with Crippen molar-refractivity contribution < 1.29 is 18.4 Å². The third-order valence-corrected chi connectivity index (χ3v) is 6.47. The van der Waals surface area contributed by atoms with E-state index in [4.69, 9.17) is 11.6 Å². The first-order chi connectivity index (χ1) is 13.2. The third-order valence-electron chi connectivity index (χ3n) is 5.11. The number of nitro benzene ring substituents is 1. The van der Waals surface area contributed by atoms with E-state index in [-0.39, 0.29) is 16.5 Å². The van der Waals surface area contributed by atoms with E-state index >= 15 is 0 Å². The van der Waals surface area contributed by atoms with Crippen LogP contribution in [-0.2, 0) is 9.84 Å². The molecule has 1 saturated heterocycles. The number of benzene rings is 2. The number of hydrogen-bond donors (Lipinski definition) is 1. The number of piperidine rings is 1. The summed E-state index contributed by atoms with van der Waals surface area (Å²) in [6.07, 6.45) is 1.72. The molecule has 2 aromatic carbocycles. The van der Waals surface area contributed by atoms with Crippen LogP contribution >= 0.6 is 11.6 Å². The molecular formula is C19H21ClN2O5S. The number of nitro groups is 1. The van der Waals surface area contributed by atoms with Crippen LogP contribution in [0.4, 0.5) is 11.4 Å². The van der Waals surface area contributed by atoms with Crippen LogP contribution in [-0.4, -0.2) is 37.8 Å². The molecule has 1 heterocycles. The van der Waals surface area contributed by atoms with Gasteiger partial charge < -0.3 is 10.0 Å². The number of rotatable bonds is 5. The molecule has 0 saturated carbocycles. The zero-order chi connectivity index (χ0) is 20.5. The average molecular weight is 425 g/mol. The van der Waals surface area contributed by atoms with E-state index in [1.807, 2.05) is 4.90 Å². The molecule has 1 N–H and O–H groups in total. The van der Waals surface area contributed by atoms with E-state index in [9.17, 15) is 23.6 Å². The van der Waals surface area contributed by atoms with Crippen LogP contribution < -0.4 is 4.90 Å². The molecular weight excluding hydrogens is 404 g/mol. The van der Waals surface area contributed by atoms with Crippen LogP contribution in [0.25, 0.3) is 0 Å². The maximum atomic E-state index is 11.7. The van der Waals surface area contributed by atoms with Crippen LogP contribution in [0, 0.1) is 16.0 Å². The number of anilines is 1. The van der Waals surface area contributed by atoms with Gasteiger partial charge in [-0.15, -0.1) is 0 Å². The van der Waals surface area contributed by atoms with Gasteiger partial charge in [0.2, 0.25) is 0 Å². The Labute approximate surface area is 168 Å². The summed E-state index contributed by atoms with van der Waals surface area (Å²) >= 11 is 5.89. The lowest BCUT2D eigenvalue weighted by Crippen LogP contribution is -2.36. The van der Waals surface area contributed by atoms with Crippen molar-refractivity contribution in [3.05, 3.63) is 63.2 Å². The highest BCUT2D eigenvalue weighted by Crippen LogP contribution is 2.36. The van der Waals surface area contributed by atoms with Crippen molar-refractivity contribution in [1.82, 2.24) is 0 Å². The third kappa shape index (κ3) is 4.45. The fourth-order valence-electron chi connectivity index (χ4n) is 3.54. The van der Waals surface area contributed by atoms with E-state index in [0.717, 1.165) is 17.9 Å². The molecule has 7 nitrogen and oxygen atoms in total. The summed E-state index contributed by atoms with van der Waals surface area (Å²) in [4.78, 5) is 12.7. The fourth-order valence-corrected chi connectivity index (χ4v) is 4.30. The second-order valence-corrected chi connectivity index (χ2v) is 9.45. The predicted octanol–water partition coefficient (Wildman–Crippen LogP) is 3.60. The number of hydrogen-bond acceptors (Lipinski definition) is 6. The van der Waals surface area contributed by atoms with Crippen molar-refractivity contribution in [1.29, 1.82) is 0 Å². The zero-order valence-electron chi connectivity index (χ0n) is 15.3. The highest BCUT2D eigenvalue weighted by Gasteiger charge is 2.29. The summed E-state index contributed by atoms with van der Waals surface area (Å²) < 4.78 is 23.4. The van der Waals surface area contributed by atoms with Crippen LogP contribution in [0.1, 0.15) is 24.5 Å². The highest BCUT2D eigenvalue weighted by atomic mass is 35.5. The van der Waals surface area contributed by atoms with Crippen LogP contribution in [0.15, 0.2) is 47.4 Å². The van der Waals surface area contributed by atoms with Gasteiger partial charge in [0.25, 0.3) is 5.69 Å². The Bertz CT molecular complexity index is 970. The fraction of sp³-hybridized carbons (Fsp3) is 0.368. The SMILES string of the molecule is CS(=O)(=O)c1ccc(N2CCC(C(O)c3ccc(Cl)cc3)CC2)c([N+](=O)[O-])c1. The van der Waals surface area contributed by atoms with Crippen molar-refractivity contribution in [3.63, 3.8) is 0 Å². The summed E-state index contributed by atoms with van der Waals surface area (Å²) in [5, 5.41) is 22.7. The first-order valence-corrected chi connectivity index (χ1v) is 11.1. The highest BCUT2D eigenvalue weighted by molar-refractivity contribution is 7.90. The van der Waals surface area contributed by atoms with Crippen LogP contribution in [0.2, 0.25) is 5.02 Å². The van der Waals surface area contributed by atoms with Gasteiger partial charge in [0.05, 0.1) is 15.9 Å². The second kappa shape index (κ2) is 8.06. The Morgan fingerprint density at radius 2 is 1.79 bits per heavy atom. The monoisotopic (exact) mass is 424 g/mol. The molecule has 0 aliphatic carbocycles. The molecule has 150 valence electrons. The lowest BCUT2D eigenvalue weighted by molar-refractivity contribution is -0.384. The molecule has 1 aliphatic rings. The van der Waals surface area contributed by atoms with Crippen molar-refractivity contribution in [2.45, 2.75) is 23.8 Å². The number of halogens is 1. The summed E-state index contributed by atoms with van der Waals surface area (Å²) in [7, 11) is -3.53. The topological polar surface area (TPSA) is 101 Å². The number of aliphatic hydroxyl groups is 1.